The fourth-order valence-electron chi connectivity index (χ4n) is 1.83. The summed E-state index contributed by atoms with van der Waals surface area (Å²) in [5.74, 6) is 0.919. The van der Waals surface area contributed by atoms with Gasteiger partial charge in [-0.25, -0.2) is 0 Å². The molecule has 0 radical (unpaired) electrons. The van der Waals surface area contributed by atoms with Crippen LogP contribution in [0.5, 0.6) is 0 Å². The van der Waals surface area contributed by atoms with E-state index in [1.54, 1.807) is 0 Å². The molecule has 0 aromatic carbocycles. The topological polar surface area (TPSA) is 21.3 Å². The van der Waals surface area contributed by atoms with Gasteiger partial charge in [0, 0.05) is 19.3 Å². The zero-order valence-electron chi connectivity index (χ0n) is 6.31. The average molecular weight is 141 g/mol. The number of rotatable bonds is 1. The van der Waals surface area contributed by atoms with E-state index < -0.39 is 0 Å². The summed E-state index contributed by atoms with van der Waals surface area (Å²) in [6, 6.07) is 0.837. The zero-order chi connectivity index (χ0) is 6.81. The van der Waals surface area contributed by atoms with E-state index >= 15 is 0 Å². The maximum Gasteiger partial charge on any atom is 0.0469 e. The van der Waals surface area contributed by atoms with Gasteiger partial charge in [0.05, 0.1) is 0 Å². The highest BCUT2D eigenvalue weighted by Gasteiger charge is 2.27. The Kier molecular flexibility index (Phi) is 1.91. The molecular weight excluding hydrogens is 126 g/mol. The van der Waals surface area contributed by atoms with Crippen LogP contribution in [0.4, 0.5) is 0 Å². The van der Waals surface area contributed by atoms with E-state index in [-0.39, 0.29) is 0 Å². The molecule has 1 atom stereocenters. The molecular formula is C8H15NO. The Bertz CT molecular complexity index is 106. The SMILES string of the molecule is C1CC(C2CCOCC2)N1. The summed E-state index contributed by atoms with van der Waals surface area (Å²) in [5.41, 5.74) is 0. The first-order valence-electron chi connectivity index (χ1n) is 4.28. The van der Waals surface area contributed by atoms with Gasteiger partial charge < -0.3 is 10.1 Å². The Balaban J connectivity index is 1.78. The molecule has 2 saturated heterocycles. The third-order valence-electron chi connectivity index (χ3n) is 2.70. The summed E-state index contributed by atoms with van der Waals surface area (Å²) >= 11 is 0. The van der Waals surface area contributed by atoms with Crippen LogP contribution in [-0.4, -0.2) is 25.8 Å². The van der Waals surface area contributed by atoms with E-state index in [0.29, 0.717) is 0 Å². The lowest BCUT2D eigenvalue weighted by atomic mass is 9.86. The zero-order valence-corrected chi connectivity index (χ0v) is 6.31. The third-order valence-corrected chi connectivity index (χ3v) is 2.70. The van der Waals surface area contributed by atoms with Crippen LogP contribution in [-0.2, 0) is 4.74 Å². The molecule has 2 rings (SSSR count). The van der Waals surface area contributed by atoms with Crippen molar-refractivity contribution < 1.29 is 4.74 Å². The summed E-state index contributed by atoms with van der Waals surface area (Å²) in [5, 5.41) is 3.46. The first kappa shape index (κ1) is 6.62. The lowest BCUT2D eigenvalue weighted by molar-refractivity contribution is 0.0439. The highest BCUT2D eigenvalue weighted by atomic mass is 16.5. The first-order valence-corrected chi connectivity index (χ1v) is 4.28. The number of hydrogen-bond acceptors (Lipinski definition) is 2. The maximum atomic E-state index is 5.29. The minimum absolute atomic E-state index is 0.837. The van der Waals surface area contributed by atoms with Crippen molar-refractivity contribution in [2.24, 2.45) is 5.92 Å². The average Bonchev–Trinajstić information content (AvgIpc) is 1.86. The molecule has 2 fully saturated rings. The molecule has 0 aliphatic carbocycles. The Hall–Kier alpha value is -0.0800. The summed E-state index contributed by atoms with van der Waals surface area (Å²) in [7, 11) is 0. The second kappa shape index (κ2) is 2.89. The number of ether oxygens (including phenoxy) is 1. The van der Waals surface area contributed by atoms with Crippen molar-refractivity contribution in [3.63, 3.8) is 0 Å². The minimum atomic E-state index is 0.837. The van der Waals surface area contributed by atoms with E-state index in [0.717, 1.165) is 25.2 Å². The van der Waals surface area contributed by atoms with Crippen LogP contribution in [0.2, 0.25) is 0 Å². The van der Waals surface area contributed by atoms with E-state index in [4.69, 9.17) is 4.74 Å². The molecule has 0 amide bonds. The Morgan fingerprint density at radius 1 is 1.10 bits per heavy atom. The lowest BCUT2D eigenvalue weighted by Gasteiger charge is -2.37. The predicted molar refractivity (Wildman–Crippen MR) is 40.0 cm³/mol. The van der Waals surface area contributed by atoms with E-state index in [1.807, 2.05) is 0 Å². The smallest absolute Gasteiger partial charge is 0.0469 e. The van der Waals surface area contributed by atoms with Crippen LogP contribution in [0.25, 0.3) is 0 Å². The molecule has 2 aliphatic heterocycles. The van der Waals surface area contributed by atoms with E-state index in [1.165, 1.54) is 25.8 Å². The van der Waals surface area contributed by atoms with Gasteiger partial charge in [-0.3, -0.25) is 0 Å². The van der Waals surface area contributed by atoms with E-state index in [9.17, 15) is 0 Å². The Labute approximate surface area is 61.9 Å². The molecule has 1 unspecified atom stereocenters. The van der Waals surface area contributed by atoms with Gasteiger partial charge in [0.15, 0.2) is 0 Å². The molecule has 0 bridgehead atoms. The van der Waals surface area contributed by atoms with Gasteiger partial charge in [0.25, 0.3) is 0 Å². The van der Waals surface area contributed by atoms with Crippen molar-refractivity contribution >= 4 is 0 Å². The standard InChI is InChI=1S/C8H15NO/c1-4-9-8(1)7-2-5-10-6-3-7/h7-9H,1-6H2. The van der Waals surface area contributed by atoms with Crippen LogP contribution >= 0.6 is 0 Å². The summed E-state index contributed by atoms with van der Waals surface area (Å²) in [6.07, 6.45) is 3.94. The number of nitrogens with one attached hydrogen (secondary N) is 1. The van der Waals surface area contributed by atoms with Gasteiger partial charge >= 0.3 is 0 Å². The van der Waals surface area contributed by atoms with E-state index in [2.05, 4.69) is 5.32 Å². The molecule has 2 heterocycles. The second-order valence-corrected chi connectivity index (χ2v) is 3.30. The van der Waals surface area contributed by atoms with Crippen LogP contribution in [0.3, 0.4) is 0 Å². The molecule has 58 valence electrons. The summed E-state index contributed by atoms with van der Waals surface area (Å²) in [6.45, 7) is 3.22. The molecule has 1 N–H and O–H groups in total. The fourth-order valence-corrected chi connectivity index (χ4v) is 1.83. The van der Waals surface area contributed by atoms with Gasteiger partial charge in [-0.1, -0.05) is 0 Å². The number of hydrogen-bond donors (Lipinski definition) is 1. The van der Waals surface area contributed by atoms with Crippen LogP contribution in [0.1, 0.15) is 19.3 Å². The van der Waals surface area contributed by atoms with Crippen LogP contribution < -0.4 is 5.32 Å². The lowest BCUT2D eigenvalue weighted by Crippen LogP contribution is -2.49. The van der Waals surface area contributed by atoms with Gasteiger partial charge in [-0.2, -0.15) is 0 Å². The van der Waals surface area contributed by atoms with Crippen LogP contribution in [0.15, 0.2) is 0 Å². The van der Waals surface area contributed by atoms with Crippen molar-refractivity contribution in [3.05, 3.63) is 0 Å². The van der Waals surface area contributed by atoms with Gasteiger partial charge in [0.1, 0.15) is 0 Å². The van der Waals surface area contributed by atoms with Crippen molar-refractivity contribution in [1.29, 1.82) is 0 Å². The molecule has 0 aromatic rings. The normalized spacial score (nSPS) is 35.4. The van der Waals surface area contributed by atoms with Crippen molar-refractivity contribution in [2.75, 3.05) is 19.8 Å². The van der Waals surface area contributed by atoms with Gasteiger partial charge in [-0.15, -0.1) is 0 Å². The predicted octanol–water partition coefficient (Wildman–Crippen LogP) is 0.775. The van der Waals surface area contributed by atoms with Crippen LogP contribution in [0, 0.1) is 5.92 Å². The maximum absolute atomic E-state index is 5.29. The van der Waals surface area contributed by atoms with Gasteiger partial charge in [0.2, 0.25) is 0 Å². The summed E-state index contributed by atoms with van der Waals surface area (Å²) < 4.78 is 5.29. The first-order chi connectivity index (χ1) is 4.97. The third kappa shape index (κ3) is 1.18. The highest BCUT2D eigenvalue weighted by molar-refractivity contribution is 4.85. The molecule has 0 saturated carbocycles. The van der Waals surface area contributed by atoms with Crippen molar-refractivity contribution in [3.8, 4) is 0 Å². The second-order valence-electron chi connectivity index (χ2n) is 3.30. The van der Waals surface area contributed by atoms with Gasteiger partial charge in [-0.05, 0) is 31.7 Å². The highest BCUT2D eigenvalue weighted by Crippen LogP contribution is 2.23. The molecule has 2 heteroatoms. The monoisotopic (exact) mass is 141 g/mol. The Morgan fingerprint density at radius 3 is 2.30 bits per heavy atom. The molecule has 10 heavy (non-hydrogen) atoms. The van der Waals surface area contributed by atoms with Crippen molar-refractivity contribution in [2.45, 2.75) is 25.3 Å². The Morgan fingerprint density at radius 2 is 1.80 bits per heavy atom. The largest absolute Gasteiger partial charge is 0.381 e. The molecule has 0 spiro atoms. The molecule has 2 aliphatic rings. The van der Waals surface area contributed by atoms with Crippen molar-refractivity contribution in [1.82, 2.24) is 5.32 Å². The quantitative estimate of drug-likeness (QED) is 0.582. The molecule has 2 nitrogen and oxygen atoms in total. The molecule has 0 aromatic heterocycles. The summed E-state index contributed by atoms with van der Waals surface area (Å²) in [4.78, 5) is 0. The minimum Gasteiger partial charge on any atom is -0.381 e. The fraction of sp³-hybridized carbons (Fsp3) is 1.00.